The third-order valence-corrected chi connectivity index (χ3v) is 4.42. The third-order valence-electron chi connectivity index (χ3n) is 4.42. The second kappa shape index (κ2) is 6.93. The number of benzene rings is 1. The van der Waals surface area contributed by atoms with E-state index >= 15 is 0 Å². The normalized spacial score (nSPS) is 22.5. The van der Waals surface area contributed by atoms with E-state index in [2.05, 4.69) is 53.2 Å². The van der Waals surface area contributed by atoms with Crippen molar-refractivity contribution in [2.45, 2.75) is 25.8 Å². The van der Waals surface area contributed by atoms with Crippen LogP contribution in [-0.4, -0.2) is 30.1 Å². The minimum Gasteiger partial charge on any atom is -0.481 e. The van der Waals surface area contributed by atoms with E-state index in [9.17, 15) is 0 Å². The molecule has 2 heterocycles. The largest absolute Gasteiger partial charge is 0.481 e. The monoisotopic (exact) mass is 296 g/mol. The number of aromatic nitrogens is 1. The molecule has 3 rings (SSSR count). The molecule has 1 aliphatic heterocycles. The maximum absolute atomic E-state index is 5.16. The summed E-state index contributed by atoms with van der Waals surface area (Å²) in [6.45, 7) is 5.66. The molecule has 1 fully saturated rings. The van der Waals surface area contributed by atoms with E-state index in [1.54, 1.807) is 7.11 Å². The fourth-order valence-corrected chi connectivity index (χ4v) is 3.43. The highest BCUT2D eigenvalue weighted by Gasteiger charge is 2.26. The van der Waals surface area contributed by atoms with Crippen molar-refractivity contribution < 1.29 is 4.74 Å². The van der Waals surface area contributed by atoms with E-state index in [0.29, 0.717) is 17.7 Å². The van der Waals surface area contributed by atoms with Crippen LogP contribution in [-0.2, 0) is 6.54 Å². The molecule has 0 saturated carbocycles. The average molecular weight is 296 g/mol. The third kappa shape index (κ3) is 3.66. The van der Waals surface area contributed by atoms with Gasteiger partial charge in [0.2, 0.25) is 5.88 Å². The number of rotatable bonds is 4. The van der Waals surface area contributed by atoms with Crippen molar-refractivity contribution in [1.29, 1.82) is 0 Å². The van der Waals surface area contributed by atoms with Gasteiger partial charge in [0.25, 0.3) is 0 Å². The lowest BCUT2D eigenvalue weighted by atomic mass is 9.86. The van der Waals surface area contributed by atoms with Crippen LogP contribution in [0.2, 0.25) is 0 Å². The van der Waals surface area contributed by atoms with Crippen LogP contribution in [0.4, 0.5) is 0 Å². The summed E-state index contributed by atoms with van der Waals surface area (Å²) in [5, 5.41) is 0. The summed E-state index contributed by atoms with van der Waals surface area (Å²) >= 11 is 0. The number of piperidine rings is 1. The highest BCUT2D eigenvalue weighted by molar-refractivity contribution is 5.22. The number of ether oxygens (including phenoxy) is 1. The van der Waals surface area contributed by atoms with E-state index < -0.39 is 0 Å². The summed E-state index contributed by atoms with van der Waals surface area (Å²) in [4.78, 5) is 6.93. The Balaban J connectivity index is 1.70. The Labute approximate surface area is 132 Å². The standard InChI is InChI=1S/C19H24N2O/c1-15-10-18(17-8-9-19(22-2)20-11-17)14-21(12-15)13-16-6-4-3-5-7-16/h3-9,11,15,18H,10,12-14H2,1-2H3/t15-,18+/m1/s1. The van der Waals surface area contributed by atoms with Crippen molar-refractivity contribution >= 4 is 0 Å². The molecule has 0 unspecified atom stereocenters. The van der Waals surface area contributed by atoms with Gasteiger partial charge in [-0.25, -0.2) is 4.98 Å². The molecule has 0 bridgehead atoms. The SMILES string of the molecule is COc1ccc([C@H]2C[C@@H](C)CN(Cc3ccccc3)C2)cn1. The van der Waals surface area contributed by atoms with Gasteiger partial charge in [-0.2, -0.15) is 0 Å². The summed E-state index contributed by atoms with van der Waals surface area (Å²) in [6.07, 6.45) is 3.21. The minimum absolute atomic E-state index is 0.561. The summed E-state index contributed by atoms with van der Waals surface area (Å²) in [5.74, 6) is 1.96. The van der Waals surface area contributed by atoms with Gasteiger partial charge in [0.05, 0.1) is 7.11 Å². The van der Waals surface area contributed by atoms with Crippen LogP contribution in [0.5, 0.6) is 5.88 Å². The number of hydrogen-bond acceptors (Lipinski definition) is 3. The molecule has 0 N–H and O–H groups in total. The van der Waals surface area contributed by atoms with E-state index in [4.69, 9.17) is 4.74 Å². The first-order valence-electron chi connectivity index (χ1n) is 8.01. The molecule has 0 radical (unpaired) electrons. The predicted octanol–water partition coefficient (Wildman–Crippen LogP) is 3.72. The maximum atomic E-state index is 5.16. The van der Waals surface area contributed by atoms with Gasteiger partial charge in [-0.05, 0) is 29.4 Å². The van der Waals surface area contributed by atoms with Gasteiger partial charge < -0.3 is 4.74 Å². The lowest BCUT2D eigenvalue weighted by Crippen LogP contribution is -2.38. The molecule has 116 valence electrons. The molecule has 1 aliphatic rings. The van der Waals surface area contributed by atoms with E-state index in [1.807, 2.05) is 12.3 Å². The molecule has 0 aliphatic carbocycles. The smallest absolute Gasteiger partial charge is 0.212 e. The molecule has 3 nitrogen and oxygen atoms in total. The van der Waals surface area contributed by atoms with Crippen molar-refractivity contribution in [2.24, 2.45) is 5.92 Å². The second-order valence-corrected chi connectivity index (χ2v) is 6.35. The van der Waals surface area contributed by atoms with Crippen LogP contribution in [0.25, 0.3) is 0 Å². The van der Waals surface area contributed by atoms with Crippen molar-refractivity contribution in [3.8, 4) is 5.88 Å². The number of likely N-dealkylation sites (tertiary alicyclic amines) is 1. The van der Waals surface area contributed by atoms with E-state index in [0.717, 1.165) is 13.1 Å². The van der Waals surface area contributed by atoms with Crippen LogP contribution in [0.1, 0.15) is 30.4 Å². The first-order valence-corrected chi connectivity index (χ1v) is 8.01. The first kappa shape index (κ1) is 15.0. The fraction of sp³-hybridized carbons (Fsp3) is 0.421. The number of pyridine rings is 1. The maximum Gasteiger partial charge on any atom is 0.212 e. The number of hydrogen-bond donors (Lipinski definition) is 0. The van der Waals surface area contributed by atoms with Gasteiger partial charge in [-0.1, -0.05) is 43.3 Å². The molecule has 1 aromatic carbocycles. The van der Waals surface area contributed by atoms with Gasteiger partial charge in [-0.15, -0.1) is 0 Å². The Morgan fingerprint density at radius 3 is 2.64 bits per heavy atom. The molecule has 2 atom stereocenters. The summed E-state index contributed by atoms with van der Waals surface area (Å²) in [5.41, 5.74) is 2.72. The lowest BCUT2D eigenvalue weighted by Gasteiger charge is -2.36. The van der Waals surface area contributed by atoms with Crippen LogP contribution in [0.15, 0.2) is 48.7 Å². The second-order valence-electron chi connectivity index (χ2n) is 6.35. The minimum atomic E-state index is 0.561. The van der Waals surface area contributed by atoms with Gasteiger partial charge in [0.15, 0.2) is 0 Å². The Hall–Kier alpha value is -1.87. The molecule has 1 aromatic heterocycles. The summed E-state index contributed by atoms with van der Waals surface area (Å²) in [6, 6.07) is 14.9. The van der Waals surface area contributed by atoms with Crippen LogP contribution < -0.4 is 4.74 Å². The van der Waals surface area contributed by atoms with Crippen molar-refractivity contribution in [3.63, 3.8) is 0 Å². The van der Waals surface area contributed by atoms with Gasteiger partial charge in [0, 0.05) is 31.9 Å². The predicted molar refractivity (Wildman–Crippen MR) is 89.0 cm³/mol. The molecule has 3 heteroatoms. The van der Waals surface area contributed by atoms with Crippen LogP contribution in [0, 0.1) is 5.92 Å². The van der Waals surface area contributed by atoms with Crippen LogP contribution >= 0.6 is 0 Å². The molecule has 1 saturated heterocycles. The highest BCUT2D eigenvalue weighted by atomic mass is 16.5. The number of methoxy groups -OCH3 is 1. The van der Waals surface area contributed by atoms with Crippen molar-refractivity contribution in [2.75, 3.05) is 20.2 Å². The molecular weight excluding hydrogens is 272 g/mol. The topological polar surface area (TPSA) is 25.4 Å². The van der Waals surface area contributed by atoms with Gasteiger partial charge in [-0.3, -0.25) is 4.90 Å². The lowest BCUT2D eigenvalue weighted by molar-refractivity contribution is 0.156. The Kier molecular flexibility index (Phi) is 4.74. The molecule has 22 heavy (non-hydrogen) atoms. The first-order chi connectivity index (χ1) is 10.7. The van der Waals surface area contributed by atoms with Crippen molar-refractivity contribution in [1.82, 2.24) is 9.88 Å². The van der Waals surface area contributed by atoms with Crippen molar-refractivity contribution in [3.05, 3.63) is 59.8 Å². The zero-order valence-electron chi connectivity index (χ0n) is 13.4. The Morgan fingerprint density at radius 1 is 1.14 bits per heavy atom. The molecular formula is C19H24N2O. The zero-order valence-corrected chi connectivity index (χ0v) is 13.4. The molecule has 2 aromatic rings. The zero-order chi connectivity index (χ0) is 15.4. The quantitative estimate of drug-likeness (QED) is 0.860. The van der Waals surface area contributed by atoms with E-state index in [1.165, 1.54) is 24.1 Å². The Morgan fingerprint density at radius 2 is 1.95 bits per heavy atom. The molecule has 0 amide bonds. The summed E-state index contributed by atoms with van der Waals surface area (Å²) < 4.78 is 5.16. The average Bonchev–Trinajstić information content (AvgIpc) is 2.55. The highest BCUT2D eigenvalue weighted by Crippen LogP contribution is 2.31. The van der Waals surface area contributed by atoms with E-state index in [-0.39, 0.29) is 0 Å². The fourth-order valence-electron chi connectivity index (χ4n) is 3.43. The number of nitrogens with zero attached hydrogens (tertiary/aromatic N) is 2. The van der Waals surface area contributed by atoms with Gasteiger partial charge >= 0.3 is 0 Å². The summed E-state index contributed by atoms with van der Waals surface area (Å²) in [7, 11) is 1.66. The van der Waals surface area contributed by atoms with Crippen LogP contribution in [0.3, 0.4) is 0 Å². The molecule has 0 spiro atoms. The Bertz CT molecular complexity index is 582. The van der Waals surface area contributed by atoms with Gasteiger partial charge in [0.1, 0.15) is 0 Å².